The Morgan fingerprint density at radius 3 is 2.59 bits per heavy atom. The molecule has 0 spiro atoms. The maximum atomic E-state index is 15.5. The van der Waals surface area contributed by atoms with Crippen LogP contribution in [0.3, 0.4) is 0 Å². The lowest BCUT2D eigenvalue weighted by molar-refractivity contribution is -0.145. The lowest BCUT2D eigenvalue weighted by Crippen LogP contribution is -2.41. The number of nitrogens with zero attached hydrogens (tertiary/aromatic N) is 3. The number of alkyl halides is 3. The lowest BCUT2D eigenvalue weighted by Gasteiger charge is -2.24. The summed E-state index contributed by atoms with van der Waals surface area (Å²) in [5, 5.41) is 6.15. The molecule has 14 heteroatoms. The first-order valence-corrected chi connectivity index (χ1v) is 11.8. The monoisotopic (exact) mass is 561 g/mol. The van der Waals surface area contributed by atoms with Crippen molar-refractivity contribution in [3.05, 3.63) is 58.4 Å². The van der Waals surface area contributed by atoms with Gasteiger partial charge in [-0.1, -0.05) is 0 Å². The van der Waals surface area contributed by atoms with E-state index >= 15 is 4.39 Å². The third-order valence-corrected chi connectivity index (χ3v) is 6.30. The Morgan fingerprint density at radius 1 is 1.27 bits per heavy atom. The van der Waals surface area contributed by atoms with E-state index in [0.29, 0.717) is 18.2 Å². The summed E-state index contributed by atoms with van der Waals surface area (Å²) >= 11 is 1.26. The number of morpholine rings is 1. The number of hydrogen-bond donors (Lipinski definition) is 2. The Morgan fingerprint density at radius 2 is 2.00 bits per heavy atom. The molecule has 37 heavy (non-hydrogen) atoms. The van der Waals surface area contributed by atoms with Crippen LogP contribution >= 0.6 is 23.7 Å². The van der Waals surface area contributed by atoms with E-state index in [-0.39, 0.29) is 47.6 Å². The van der Waals surface area contributed by atoms with Gasteiger partial charge in [0.05, 0.1) is 23.8 Å². The van der Waals surface area contributed by atoms with Crippen LogP contribution < -0.4 is 15.4 Å². The van der Waals surface area contributed by atoms with Gasteiger partial charge >= 0.3 is 6.18 Å². The number of aromatic nitrogens is 3. The molecule has 200 valence electrons. The van der Waals surface area contributed by atoms with Crippen molar-refractivity contribution in [2.24, 2.45) is 0 Å². The van der Waals surface area contributed by atoms with Gasteiger partial charge in [0.2, 0.25) is 5.82 Å². The van der Waals surface area contributed by atoms with E-state index in [1.54, 1.807) is 6.20 Å². The molecule has 4 rings (SSSR count). The van der Waals surface area contributed by atoms with Crippen molar-refractivity contribution in [1.82, 2.24) is 25.6 Å². The van der Waals surface area contributed by atoms with E-state index in [9.17, 15) is 18.0 Å². The molecule has 1 aromatic carbocycles. The van der Waals surface area contributed by atoms with Crippen LogP contribution in [-0.4, -0.2) is 53.3 Å². The van der Waals surface area contributed by atoms with Gasteiger partial charge in [-0.05, 0) is 26.0 Å². The molecule has 1 aliphatic rings. The van der Waals surface area contributed by atoms with Crippen LogP contribution in [-0.2, 0) is 10.9 Å². The molecule has 1 amide bonds. The quantitative estimate of drug-likeness (QED) is 0.414. The minimum atomic E-state index is -4.68. The Kier molecular flexibility index (Phi) is 9.40. The van der Waals surface area contributed by atoms with Crippen LogP contribution in [0.1, 0.15) is 39.6 Å². The number of ether oxygens (including phenoxy) is 2. The predicted molar refractivity (Wildman–Crippen MR) is 131 cm³/mol. The number of benzene rings is 1. The summed E-state index contributed by atoms with van der Waals surface area (Å²) in [5.74, 6) is -2.61. The van der Waals surface area contributed by atoms with Gasteiger partial charge in [0, 0.05) is 42.1 Å². The van der Waals surface area contributed by atoms with Crippen molar-refractivity contribution in [3.63, 3.8) is 0 Å². The molecule has 1 fully saturated rings. The summed E-state index contributed by atoms with van der Waals surface area (Å²) in [4.78, 5) is 24.7. The molecule has 0 saturated carbocycles. The smallest absolute Gasteiger partial charge is 0.451 e. The minimum absolute atomic E-state index is 0. The SMILES string of the molecule is Cc1cnc(-c2cc(OC[C@H]3CNCCO3)cc(C(=O)NC(C)c3cnc(C(F)(F)F)nc3)c2F)s1.Cl. The van der Waals surface area contributed by atoms with Crippen molar-refractivity contribution in [3.8, 4) is 16.3 Å². The summed E-state index contributed by atoms with van der Waals surface area (Å²) in [5.41, 5.74) is 0.0311. The molecular formula is C23H24ClF4N5O3S. The van der Waals surface area contributed by atoms with Gasteiger partial charge in [-0.3, -0.25) is 4.79 Å². The molecule has 2 atom stereocenters. The fraction of sp³-hybridized carbons (Fsp3) is 0.391. The third-order valence-electron chi connectivity index (χ3n) is 5.36. The number of amides is 1. The number of halogens is 5. The minimum Gasteiger partial charge on any atom is -0.491 e. The van der Waals surface area contributed by atoms with E-state index < -0.39 is 29.8 Å². The van der Waals surface area contributed by atoms with Gasteiger partial charge in [0.25, 0.3) is 5.91 Å². The first kappa shape index (κ1) is 28.7. The van der Waals surface area contributed by atoms with Crippen molar-refractivity contribution < 1.29 is 31.8 Å². The summed E-state index contributed by atoms with van der Waals surface area (Å²) in [6.07, 6.45) is -1.35. The van der Waals surface area contributed by atoms with Gasteiger partial charge in [-0.2, -0.15) is 13.2 Å². The molecule has 2 N–H and O–H groups in total. The molecule has 2 aromatic heterocycles. The second-order valence-corrected chi connectivity index (χ2v) is 9.38. The standard InChI is InChI=1S/C23H23F4N5O3S.ClH/c1-12-7-29-21(36-12)18-6-15(35-11-16-10-28-3-4-34-16)5-17(19(18)24)20(33)32-13(2)14-8-30-22(31-9-14)23(25,26)27;/h5-9,13,16,28H,3-4,10-11H2,1-2H3,(H,32,33);1H/t13?,16-;/m1./s1. The Hall–Kier alpha value is -2.87. The second-order valence-electron chi connectivity index (χ2n) is 8.15. The summed E-state index contributed by atoms with van der Waals surface area (Å²) in [6.45, 7) is 5.43. The Balaban J connectivity index is 0.00000380. The number of carbonyl (C=O) groups is 1. The Bertz CT molecular complexity index is 1220. The average molecular weight is 562 g/mol. The van der Waals surface area contributed by atoms with Gasteiger partial charge in [0.1, 0.15) is 29.3 Å². The molecule has 8 nitrogen and oxygen atoms in total. The number of thiazole rings is 1. The largest absolute Gasteiger partial charge is 0.491 e. The van der Waals surface area contributed by atoms with Crippen LogP contribution in [0.5, 0.6) is 5.75 Å². The van der Waals surface area contributed by atoms with Gasteiger partial charge < -0.3 is 20.1 Å². The number of nitrogens with one attached hydrogen (secondary N) is 2. The molecule has 3 aromatic rings. The zero-order chi connectivity index (χ0) is 25.9. The summed E-state index contributed by atoms with van der Waals surface area (Å²) < 4.78 is 65.1. The molecule has 3 heterocycles. The van der Waals surface area contributed by atoms with Gasteiger partial charge in [-0.15, -0.1) is 23.7 Å². The zero-order valence-electron chi connectivity index (χ0n) is 19.8. The summed E-state index contributed by atoms with van der Waals surface area (Å²) in [6, 6.07) is 1.96. The molecule has 0 bridgehead atoms. The van der Waals surface area contributed by atoms with Crippen LogP contribution in [0, 0.1) is 12.7 Å². The van der Waals surface area contributed by atoms with Crippen molar-refractivity contribution >= 4 is 29.7 Å². The van der Waals surface area contributed by atoms with E-state index in [2.05, 4.69) is 25.6 Å². The highest BCUT2D eigenvalue weighted by Crippen LogP contribution is 2.33. The fourth-order valence-electron chi connectivity index (χ4n) is 3.46. The maximum absolute atomic E-state index is 15.5. The van der Waals surface area contributed by atoms with E-state index in [0.717, 1.165) is 23.8 Å². The van der Waals surface area contributed by atoms with Crippen molar-refractivity contribution in [2.75, 3.05) is 26.3 Å². The number of carbonyl (C=O) groups excluding carboxylic acids is 1. The van der Waals surface area contributed by atoms with E-state index in [1.165, 1.54) is 30.4 Å². The van der Waals surface area contributed by atoms with Gasteiger partial charge in [-0.25, -0.2) is 19.3 Å². The zero-order valence-corrected chi connectivity index (χ0v) is 21.4. The first-order chi connectivity index (χ1) is 17.1. The lowest BCUT2D eigenvalue weighted by atomic mass is 10.1. The molecule has 1 saturated heterocycles. The van der Waals surface area contributed by atoms with Crippen LogP contribution in [0.25, 0.3) is 10.6 Å². The topological polar surface area (TPSA) is 98.3 Å². The molecule has 1 aliphatic heterocycles. The number of aryl methyl sites for hydroxylation is 1. The Labute approximate surface area is 220 Å². The van der Waals surface area contributed by atoms with Crippen LogP contribution in [0.2, 0.25) is 0 Å². The van der Waals surface area contributed by atoms with Crippen LogP contribution in [0.15, 0.2) is 30.7 Å². The summed E-state index contributed by atoms with van der Waals surface area (Å²) in [7, 11) is 0. The van der Waals surface area contributed by atoms with Gasteiger partial charge in [0.15, 0.2) is 0 Å². The molecule has 0 aliphatic carbocycles. The van der Waals surface area contributed by atoms with Crippen LogP contribution in [0.4, 0.5) is 17.6 Å². The van der Waals surface area contributed by atoms with Crippen molar-refractivity contribution in [2.45, 2.75) is 32.2 Å². The predicted octanol–water partition coefficient (Wildman–Crippen LogP) is 4.35. The first-order valence-electron chi connectivity index (χ1n) is 11.0. The molecule has 0 radical (unpaired) electrons. The maximum Gasteiger partial charge on any atom is 0.451 e. The van der Waals surface area contributed by atoms with E-state index in [1.807, 2.05) is 6.92 Å². The van der Waals surface area contributed by atoms with E-state index in [4.69, 9.17) is 9.47 Å². The fourth-order valence-corrected chi connectivity index (χ4v) is 4.24. The number of rotatable bonds is 7. The molecular weight excluding hydrogens is 538 g/mol. The highest BCUT2D eigenvalue weighted by Gasteiger charge is 2.34. The molecule has 1 unspecified atom stereocenters. The normalized spacial score (nSPS) is 16.5. The third kappa shape index (κ3) is 7.12. The second kappa shape index (κ2) is 12.1. The highest BCUT2D eigenvalue weighted by atomic mass is 35.5. The number of hydrogen-bond acceptors (Lipinski definition) is 8. The highest BCUT2D eigenvalue weighted by molar-refractivity contribution is 7.14. The van der Waals surface area contributed by atoms with Crippen molar-refractivity contribution in [1.29, 1.82) is 0 Å². The average Bonchev–Trinajstić information content (AvgIpc) is 3.29.